The third kappa shape index (κ3) is 4.79. The molecule has 6 nitrogen and oxygen atoms in total. The number of nitrogens with zero attached hydrogens (tertiary/aromatic N) is 3. The second-order valence-corrected chi connectivity index (χ2v) is 8.69. The van der Waals surface area contributed by atoms with Gasteiger partial charge in [-0.15, -0.1) is 0 Å². The van der Waals surface area contributed by atoms with E-state index in [1.54, 1.807) is 0 Å². The molecule has 31 heavy (non-hydrogen) atoms. The molecule has 6 heteroatoms. The van der Waals surface area contributed by atoms with Gasteiger partial charge in [0.05, 0.1) is 6.61 Å². The van der Waals surface area contributed by atoms with Gasteiger partial charge in [-0.3, -0.25) is 4.79 Å². The summed E-state index contributed by atoms with van der Waals surface area (Å²) in [6, 6.07) is 13.8. The van der Waals surface area contributed by atoms with E-state index in [-0.39, 0.29) is 11.9 Å². The first-order valence-corrected chi connectivity index (χ1v) is 10.8. The van der Waals surface area contributed by atoms with Crippen LogP contribution in [-0.2, 0) is 11.3 Å². The number of aromatic nitrogens is 2. The Morgan fingerprint density at radius 1 is 1.16 bits per heavy atom. The van der Waals surface area contributed by atoms with E-state index >= 15 is 0 Å². The minimum Gasteiger partial charge on any atom is -0.493 e. The number of hydrogen-bond acceptors (Lipinski definition) is 5. The average Bonchev–Trinajstić information content (AvgIpc) is 3.37. The number of likely N-dealkylation sites (tertiary alicyclic amines) is 1. The SMILES string of the molecule is Cc1ccc(C)c(CN2C(=O)CCC2c2nc(-c3ccc(OCC(C)C)cc3)no2)c1. The van der Waals surface area contributed by atoms with E-state index in [2.05, 4.69) is 56.0 Å². The topological polar surface area (TPSA) is 68.5 Å². The fourth-order valence-corrected chi connectivity index (χ4v) is 3.79. The normalized spacial score (nSPS) is 16.4. The highest BCUT2D eigenvalue weighted by Gasteiger charge is 2.36. The van der Waals surface area contributed by atoms with Crippen LogP contribution in [0.15, 0.2) is 47.0 Å². The Bertz CT molecular complexity index is 1060. The average molecular weight is 420 g/mol. The van der Waals surface area contributed by atoms with Crippen molar-refractivity contribution in [3.63, 3.8) is 0 Å². The van der Waals surface area contributed by atoms with Gasteiger partial charge in [0, 0.05) is 18.5 Å². The van der Waals surface area contributed by atoms with Gasteiger partial charge in [-0.1, -0.05) is 42.8 Å². The Balaban J connectivity index is 1.51. The van der Waals surface area contributed by atoms with Crippen LogP contribution >= 0.6 is 0 Å². The molecule has 162 valence electrons. The number of ether oxygens (including phenoxy) is 1. The summed E-state index contributed by atoms with van der Waals surface area (Å²) in [5.41, 5.74) is 4.37. The maximum absolute atomic E-state index is 12.6. The third-order valence-electron chi connectivity index (χ3n) is 5.60. The van der Waals surface area contributed by atoms with Crippen molar-refractivity contribution in [1.29, 1.82) is 0 Å². The molecule has 0 spiro atoms. The van der Waals surface area contributed by atoms with Gasteiger partial charge >= 0.3 is 0 Å². The van der Waals surface area contributed by atoms with Gasteiger partial charge in [-0.25, -0.2) is 0 Å². The van der Waals surface area contributed by atoms with Crippen molar-refractivity contribution >= 4 is 5.91 Å². The highest BCUT2D eigenvalue weighted by atomic mass is 16.5. The number of benzene rings is 2. The maximum Gasteiger partial charge on any atom is 0.249 e. The molecule has 1 atom stereocenters. The Morgan fingerprint density at radius 3 is 2.68 bits per heavy atom. The van der Waals surface area contributed by atoms with E-state index in [9.17, 15) is 4.79 Å². The molecule has 2 aromatic carbocycles. The molecule has 3 aromatic rings. The van der Waals surface area contributed by atoms with Crippen LogP contribution in [-0.4, -0.2) is 27.6 Å². The summed E-state index contributed by atoms with van der Waals surface area (Å²) in [5, 5.41) is 4.17. The van der Waals surface area contributed by atoms with Crippen molar-refractivity contribution in [2.24, 2.45) is 5.92 Å². The van der Waals surface area contributed by atoms with E-state index in [0.29, 0.717) is 43.6 Å². The van der Waals surface area contributed by atoms with Crippen LogP contribution in [0.3, 0.4) is 0 Å². The summed E-state index contributed by atoms with van der Waals surface area (Å²) in [4.78, 5) is 19.1. The lowest BCUT2D eigenvalue weighted by Gasteiger charge is -2.23. The van der Waals surface area contributed by atoms with Crippen molar-refractivity contribution < 1.29 is 14.1 Å². The van der Waals surface area contributed by atoms with Gasteiger partial charge in [0.2, 0.25) is 17.6 Å². The van der Waals surface area contributed by atoms with Crippen LogP contribution in [0.4, 0.5) is 0 Å². The molecule has 1 amide bonds. The van der Waals surface area contributed by atoms with Gasteiger partial charge in [0.25, 0.3) is 0 Å². The molecule has 0 aliphatic carbocycles. The molecule has 0 N–H and O–H groups in total. The summed E-state index contributed by atoms with van der Waals surface area (Å²) in [6.45, 7) is 9.60. The van der Waals surface area contributed by atoms with Gasteiger partial charge in [0.1, 0.15) is 11.8 Å². The van der Waals surface area contributed by atoms with E-state index in [1.807, 2.05) is 29.2 Å². The Morgan fingerprint density at radius 2 is 1.94 bits per heavy atom. The molecule has 1 aliphatic rings. The van der Waals surface area contributed by atoms with Gasteiger partial charge < -0.3 is 14.2 Å². The van der Waals surface area contributed by atoms with Crippen LogP contribution in [0.1, 0.15) is 55.3 Å². The Kier molecular flexibility index (Phi) is 6.07. The number of aryl methyl sites for hydroxylation is 2. The fraction of sp³-hybridized carbons (Fsp3) is 0.400. The number of amides is 1. The summed E-state index contributed by atoms with van der Waals surface area (Å²) in [5.74, 6) is 2.43. The highest BCUT2D eigenvalue weighted by molar-refractivity contribution is 5.79. The molecule has 0 saturated carbocycles. The summed E-state index contributed by atoms with van der Waals surface area (Å²) in [7, 11) is 0. The fourth-order valence-electron chi connectivity index (χ4n) is 3.79. The number of rotatable bonds is 7. The van der Waals surface area contributed by atoms with E-state index in [1.165, 1.54) is 11.1 Å². The van der Waals surface area contributed by atoms with Crippen molar-refractivity contribution in [1.82, 2.24) is 15.0 Å². The van der Waals surface area contributed by atoms with Crippen LogP contribution in [0.5, 0.6) is 5.75 Å². The lowest BCUT2D eigenvalue weighted by Crippen LogP contribution is -2.27. The first-order chi connectivity index (χ1) is 14.9. The molecule has 2 heterocycles. The molecule has 1 fully saturated rings. The number of carbonyl (C=O) groups is 1. The van der Waals surface area contributed by atoms with Crippen molar-refractivity contribution in [3.8, 4) is 17.1 Å². The van der Waals surface area contributed by atoms with Gasteiger partial charge in [-0.2, -0.15) is 4.98 Å². The van der Waals surface area contributed by atoms with E-state index in [0.717, 1.165) is 16.9 Å². The van der Waals surface area contributed by atoms with Crippen molar-refractivity contribution in [2.45, 2.75) is 53.1 Å². The molecule has 1 aromatic heterocycles. The zero-order chi connectivity index (χ0) is 22.0. The minimum atomic E-state index is -0.192. The number of hydrogen-bond donors (Lipinski definition) is 0. The maximum atomic E-state index is 12.6. The van der Waals surface area contributed by atoms with Crippen LogP contribution in [0.25, 0.3) is 11.4 Å². The second kappa shape index (κ2) is 8.92. The molecular weight excluding hydrogens is 390 g/mol. The van der Waals surface area contributed by atoms with Crippen LogP contribution < -0.4 is 4.74 Å². The Labute approximate surface area is 183 Å². The largest absolute Gasteiger partial charge is 0.493 e. The smallest absolute Gasteiger partial charge is 0.249 e. The minimum absolute atomic E-state index is 0.123. The van der Waals surface area contributed by atoms with Crippen molar-refractivity contribution in [3.05, 3.63) is 65.0 Å². The molecule has 0 bridgehead atoms. The predicted octanol–water partition coefficient (Wildman–Crippen LogP) is 5.25. The zero-order valence-electron chi connectivity index (χ0n) is 18.6. The first kappa shape index (κ1) is 21.1. The molecule has 4 rings (SSSR count). The summed E-state index contributed by atoms with van der Waals surface area (Å²) in [6.07, 6.45) is 1.18. The van der Waals surface area contributed by atoms with Crippen LogP contribution in [0, 0.1) is 19.8 Å². The molecular formula is C25H29N3O3. The molecule has 0 radical (unpaired) electrons. The quantitative estimate of drug-likeness (QED) is 0.523. The molecule has 1 saturated heterocycles. The first-order valence-electron chi connectivity index (χ1n) is 10.8. The second-order valence-electron chi connectivity index (χ2n) is 8.69. The lowest BCUT2D eigenvalue weighted by atomic mass is 10.0. The summed E-state index contributed by atoms with van der Waals surface area (Å²) < 4.78 is 11.3. The van der Waals surface area contributed by atoms with E-state index < -0.39 is 0 Å². The predicted molar refractivity (Wildman–Crippen MR) is 119 cm³/mol. The number of carbonyl (C=O) groups excluding carboxylic acids is 1. The van der Waals surface area contributed by atoms with Gasteiger partial charge in [0.15, 0.2) is 0 Å². The monoisotopic (exact) mass is 419 g/mol. The highest BCUT2D eigenvalue weighted by Crippen LogP contribution is 2.34. The standard InChI is InChI=1S/C25H29N3O3/c1-16(2)15-30-21-9-7-19(8-10-21)24-26-25(31-27-24)22-11-12-23(29)28(22)14-20-13-17(3)5-6-18(20)4/h5-10,13,16,22H,11-12,14-15H2,1-4H3. The zero-order valence-corrected chi connectivity index (χ0v) is 18.6. The van der Waals surface area contributed by atoms with Crippen molar-refractivity contribution in [2.75, 3.05) is 6.61 Å². The molecule has 1 aliphatic heterocycles. The molecule has 1 unspecified atom stereocenters. The van der Waals surface area contributed by atoms with Gasteiger partial charge in [-0.05, 0) is 61.6 Å². The summed E-state index contributed by atoms with van der Waals surface area (Å²) >= 11 is 0. The Hall–Kier alpha value is -3.15. The lowest BCUT2D eigenvalue weighted by molar-refractivity contribution is -0.130. The van der Waals surface area contributed by atoms with E-state index in [4.69, 9.17) is 9.26 Å². The third-order valence-corrected chi connectivity index (χ3v) is 5.60. The van der Waals surface area contributed by atoms with Crippen LogP contribution in [0.2, 0.25) is 0 Å².